The van der Waals surface area contributed by atoms with Gasteiger partial charge < -0.3 is 11.5 Å². The fourth-order valence-corrected chi connectivity index (χ4v) is 1.77. The van der Waals surface area contributed by atoms with E-state index in [9.17, 15) is 0 Å². The fraction of sp³-hybridized carbons (Fsp3) is 0.455. The molecule has 0 saturated carbocycles. The standard InChI is InChI=1S/C11H17ClN2/c1-7(13)8-4-5-9(10(12)6-8)11(2,3)14/h4-7H,13-14H2,1-3H3. The molecule has 1 rings (SSSR count). The zero-order valence-corrected chi connectivity index (χ0v) is 9.60. The summed E-state index contributed by atoms with van der Waals surface area (Å²) in [5.74, 6) is 0. The van der Waals surface area contributed by atoms with Crippen molar-refractivity contribution in [1.29, 1.82) is 0 Å². The predicted octanol–water partition coefficient (Wildman–Crippen LogP) is 2.55. The average Bonchev–Trinajstić information content (AvgIpc) is 2.01. The van der Waals surface area contributed by atoms with Gasteiger partial charge in [-0.1, -0.05) is 23.7 Å². The predicted molar refractivity (Wildman–Crippen MR) is 61.3 cm³/mol. The molecule has 0 aliphatic rings. The zero-order chi connectivity index (χ0) is 10.9. The van der Waals surface area contributed by atoms with Crippen LogP contribution in [-0.2, 0) is 5.54 Å². The Morgan fingerprint density at radius 3 is 2.29 bits per heavy atom. The van der Waals surface area contributed by atoms with Crippen molar-refractivity contribution in [3.05, 3.63) is 34.3 Å². The van der Waals surface area contributed by atoms with E-state index in [0.717, 1.165) is 11.1 Å². The van der Waals surface area contributed by atoms with E-state index in [0.29, 0.717) is 5.02 Å². The largest absolute Gasteiger partial charge is 0.324 e. The third-order valence-electron chi connectivity index (χ3n) is 2.21. The summed E-state index contributed by atoms with van der Waals surface area (Å²) in [6.45, 7) is 5.79. The van der Waals surface area contributed by atoms with Gasteiger partial charge in [-0.15, -0.1) is 0 Å². The first kappa shape index (κ1) is 11.5. The van der Waals surface area contributed by atoms with Gasteiger partial charge in [0.1, 0.15) is 0 Å². The second-order valence-corrected chi connectivity index (χ2v) is 4.66. The van der Waals surface area contributed by atoms with Crippen LogP contribution >= 0.6 is 11.6 Å². The minimum atomic E-state index is -0.409. The van der Waals surface area contributed by atoms with E-state index in [1.807, 2.05) is 39.0 Å². The molecule has 14 heavy (non-hydrogen) atoms. The maximum Gasteiger partial charge on any atom is 0.0459 e. The van der Waals surface area contributed by atoms with E-state index in [1.165, 1.54) is 0 Å². The summed E-state index contributed by atoms with van der Waals surface area (Å²) in [4.78, 5) is 0. The minimum absolute atomic E-state index is 0.00226. The molecule has 0 amide bonds. The van der Waals surface area contributed by atoms with Gasteiger partial charge in [-0.25, -0.2) is 0 Å². The Bertz CT molecular complexity index is 327. The molecule has 2 nitrogen and oxygen atoms in total. The van der Waals surface area contributed by atoms with Gasteiger partial charge in [0.15, 0.2) is 0 Å². The highest BCUT2D eigenvalue weighted by Gasteiger charge is 2.17. The van der Waals surface area contributed by atoms with Crippen molar-refractivity contribution in [3.8, 4) is 0 Å². The Kier molecular flexibility index (Phi) is 3.20. The molecular formula is C11H17ClN2. The van der Waals surface area contributed by atoms with E-state index in [4.69, 9.17) is 23.1 Å². The molecule has 0 aliphatic heterocycles. The summed E-state index contributed by atoms with van der Waals surface area (Å²) in [6.07, 6.45) is 0. The molecule has 1 unspecified atom stereocenters. The molecule has 0 bridgehead atoms. The number of hydrogen-bond acceptors (Lipinski definition) is 2. The average molecular weight is 213 g/mol. The quantitative estimate of drug-likeness (QED) is 0.792. The van der Waals surface area contributed by atoms with Crippen LogP contribution in [0, 0.1) is 0 Å². The fourth-order valence-electron chi connectivity index (χ4n) is 1.34. The Morgan fingerprint density at radius 1 is 1.36 bits per heavy atom. The zero-order valence-electron chi connectivity index (χ0n) is 8.84. The van der Waals surface area contributed by atoms with Crippen LogP contribution in [-0.4, -0.2) is 0 Å². The normalized spacial score (nSPS) is 14.1. The smallest absolute Gasteiger partial charge is 0.0459 e. The lowest BCUT2D eigenvalue weighted by atomic mass is 9.94. The van der Waals surface area contributed by atoms with E-state index >= 15 is 0 Å². The maximum atomic E-state index is 6.12. The molecule has 0 heterocycles. The lowest BCUT2D eigenvalue weighted by Gasteiger charge is -2.21. The summed E-state index contributed by atoms with van der Waals surface area (Å²) in [5, 5.41) is 0.687. The van der Waals surface area contributed by atoms with Crippen LogP contribution in [0.1, 0.15) is 37.9 Å². The van der Waals surface area contributed by atoms with Crippen molar-refractivity contribution in [1.82, 2.24) is 0 Å². The molecule has 1 aromatic carbocycles. The second kappa shape index (κ2) is 3.89. The minimum Gasteiger partial charge on any atom is -0.324 e. The van der Waals surface area contributed by atoms with Crippen molar-refractivity contribution in [2.75, 3.05) is 0 Å². The van der Waals surface area contributed by atoms with Gasteiger partial charge in [-0.3, -0.25) is 0 Å². The third kappa shape index (κ3) is 2.47. The SMILES string of the molecule is CC(N)c1ccc(C(C)(C)N)c(Cl)c1. The monoisotopic (exact) mass is 212 g/mol. The summed E-state index contributed by atoms with van der Waals surface area (Å²) in [7, 11) is 0. The van der Waals surface area contributed by atoms with Crippen LogP contribution in [0.2, 0.25) is 5.02 Å². The van der Waals surface area contributed by atoms with Gasteiger partial charge in [0.25, 0.3) is 0 Å². The summed E-state index contributed by atoms with van der Waals surface area (Å²) in [6, 6.07) is 5.81. The van der Waals surface area contributed by atoms with Crippen LogP contribution < -0.4 is 11.5 Å². The van der Waals surface area contributed by atoms with Crippen LogP contribution in [0.4, 0.5) is 0 Å². The molecule has 3 heteroatoms. The molecule has 0 spiro atoms. The van der Waals surface area contributed by atoms with E-state index in [1.54, 1.807) is 0 Å². The maximum absolute atomic E-state index is 6.12. The van der Waals surface area contributed by atoms with Gasteiger partial charge >= 0.3 is 0 Å². The summed E-state index contributed by atoms with van der Waals surface area (Å²) >= 11 is 6.12. The molecule has 0 fully saturated rings. The van der Waals surface area contributed by atoms with Crippen molar-refractivity contribution < 1.29 is 0 Å². The molecule has 0 aliphatic carbocycles. The van der Waals surface area contributed by atoms with Crippen molar-refractivity contribution in [3.63, 3.8) is 0 Å². The molecule has 1 atom stereocenters. The Labute approximate surface area is 90.2 Å². The van der Waals surface area contributed by atoms with Crippen LogP contribution in [0.25, 0.3) is 0 Å². The Balaban J connectivity index is 3.15. The van der Waals surface area contributed by atoms with Crippen LogP contribution in [0.15, 0.2) is 18.2 Å². The second-order valence-electron chi connectivity index (χ2n) is 4.25. The van der Waals surface area contributed by atoms with E-state index < -0.39 is 5.54 Å². The number of nitrogens with two attached hydrogens (primary N) is 2. The number of halogens is 1. The van der Waals surface area contributed by atoms with E-state index in [-0.39, 0.29) is 6.04 Å². The van der Waals surface area contributed by atoms with Gasteiger partial charge in [0, 0.05) is 16.6 Å². The molecule has 4 N–H and O–H groups in total. The number of benzene rings is 1. The van der Waals surface area contributed by atoms with Gasteiger partial charge in [-0.05, 0) is 38.0 Å². The molecule has 0 saturated heterocycles. The first-order chi connectivity index (χ1) is 6.32. The van der Waals surface area contributed by atoms with Gasteiger partial charge in [0.05, 0.1) is 0 Å². The molecule has 78 valence electrons. The topological polar surface area (TPSA) is 52.0 Å². The molecule has 0 aromatic heterocycles. The number of hydrogen-bond donors (Lipinski definition) is 2. The highest BCUT2D eigenvalue weighted by molar-refractivity contribution is 6.31. The lowest BCUT2D eigenvalue weighted by molar-refractivity contribution is 0.554. The summed E-state index contributed by atoms with van der Waals surface area (Å²) < 4.78 is 0. The van der Waals surface area contributed by atoms with Gasteiger partial charge in [-0.2, -0.15) is 0 Å². The molecule has 1 aromatic rings. The Hall–Kier alpha value is -0.570. The van der Waals surface area contributed by atoms with Crippen LogP contribution in [0.3, 0.4) is 0 Å². The third-order valence-corrected chi connectivity index (χ3v) is 2.53. The molecular weight excluding hydrogens is 196 g/mol. The van der Waals surface area contributed by atoms with Gasteiger partial charge in [0.2, 0.25) is 0 Å². The van der Waals surface area contributed by atoms with Crippen molar-refractivity contribution in [2.45, 2.75) is 32.4 Å². The number of rotatable bonds is 2. The highest BCUT2D eigenvalue weighted by Crippen LogP contribution is 2.27. The first-order valence-electron chi connectivity index (χ1n) is 4.67. The van der Waals surface area contributed by atoms with Crippen LogP contribution in [0.5, 0.6) is 0 Å². The van der Waals surface area contributed by atoms with E-state index in [2.05, 4.69) is 0 Å². The van der Waals surface area contributed by atoms with Crippen molar-refractivity contribution >= 4 is 11.6 Å². The van der Waals surface area contributed by atoms with Crippen molar-refractivity contribution in [2.24, 2.45) is 11.5 Å². The molecule has 0 radical (unpaired) electrons. The summed E-state index contributed by atoms with van der Waals surface area (Å²) in [5.41, 5.74) is 13.3. The lowest BCUT2D eigenvalue weighted by Crippen LogP contribution is -2.29. The first-order valence-corrected chi connectivity index (χ1v) is 5.04. The Morgan fingerprint density at radius 2 is 1.93 bits per heavy atom. The highest BCUT2D eigenvalue weighted by atomic mass is 35.5.